The molecule has 2 aromatic heterocycles. The van der Waals surface area contributed by atoms with Crippen LogP contribution in [0.5, 0.6) is 0 Å². The summed E-state index contributed by atoms with van der Waals surface area (Å²) in [6.07, 6.45) is 1.56. The molecule has 7 nitrogen and oxygen atoms in total. The van der Waals surface area contributed by atoms with Gasteiger partial charge in [0.05, 0.1) is 23.9 Å². The second kappa shape index (κ2) is 4.52. The Morgan fingerprint density at radius 3 is 2.78 bits per heavy atom. The smallest absolute Gasteiger partial charge is 0.163 e. The molecule has 0 spiro atoms. The van der Waals surface area contributed by atoms with E-state index in [0.717, 1.165) is 0 Å². The summed E-state index contributed by atoms with van der Waals surface area (Å²) in [5, 5.41) is 4.75. The highest BCUT2D eigenvalue weighted by Gasteiger charge is 2.12. The molecule has 18 heavy (non-hydrogen) atoms. The molecule has 0 amide bonds. The summed E-state index contributed by atoms with van der Waals surface area (Å²) in [6.45, 7) is 3.63. The number of nitrogens with zero attached hydrogens (tertiary/aromatic N) is 4. The van der Waals surface area contributed by atoms with Gasteiger partial charge in [-0.25, -0.2) is 23.1 Å². The third kappa shape index (κ3) is 2.42. The number of rotatable bonds is 4. The zero-order valence-corrected chi connectivity index (χ0v) is 11.1. The lowest BCUT2D eigenvalue weighted by Crippen LogP contribution is -2.15. The van der Waals surface area contributed by atoms with E-state index in [2.05, 4.69) is 15.1 Å². The molecule has 98 valence electrons. The number of hydrogen-bond acceptors (Lipinski definition) is 6. The van der Waals surface area contributed by atoms with Crippen molar-refractivity contribution in [1.29, 1.82) is 0 Å². The highest BCUT2D eigenvalue weighted by Crippen LogP contribution is 2.16. The normalized spacial score (nSPS) is 12.1. The lowest BCUT2D eigenvalue weighted by atomic mass is 10.4. The maximum absolute atomic E-state index is 11.5. The summed E-state index contributed by atoms with van der Waals surface area (Å²) in [5.41, 5.74) is 6.33. The first kappa shape index (κ1) is 12.7. The number of fused-ring (bicyclic) bond motifs is 1. The van der Waals surface area contributed by atoms with Crippen LogP contribution in [0.3, 0.4) is 0 Å². The third-order valence-corrected chi connectivity index (χ3v) is 4.38. The van der Waals surface area contributed by atoms with Gasteiger partial charge in [-0.2, -0.15) is 5.10 Å². The van der Waals surface area contributed by atoms with Gasteiger partial charge in [0, 0.05) is 5.75 Å². The van der Waals surface area contributed by atoms with Crippen molar-refractivity contribution in [3.05, 3.63) is 12.0 Å². The molecule has 0 aliphatic heterocycles. The van der Waals surface area contributed by atoms with Crippen molar-refractivity contribution in [2.45, 2.75) is 20.4 Å². The number of aryl methyl sites for hydroxylation is 2. The predicted octanol–water partition coefficient (Wildman–Crippen LogP) is 0.152. The van der Waals surface area contributed by atoms with E-state index in [4.69, 9.17) is 5.73 Å². The lowest BCUT2D eigenvalue weighted by molar-refractivity contribution is 0.584. The first-order valence-corrected chi connectivity index (χ1v) is 7.41. The number of sulfone groups is 1. The molecule has 0 aliphatic carbocycles. The molecule has 0 saturated carbocycles. The van der Waals surface area contributed by atoms with Crippen molar-refractivity contribution >= 4 is 26.7 Å². The van der Waals surface area contributed by atoms with Crippen molar-refractivity contribution in [3.8, 4) is 0 Å². The molecule has 0 aromatic carbocycles. The van der Waals surface area contributed by atoms with Crippen LogP contribution < -0.4 is 5.73 Å². The molecule has 2 heterocycles. The molecule has 0 unspecified atom stereocenters. The minimum absolute atomic E-state index is 0.0449. The standard InChI is InChI=1S/C10H15N5O2S/c1-3-18(16,17)5-4-15-10-8(6-12-15)9(11)13-7(2)14-10/h6H,3-5H2,1-2H3,(H2,11,13,14). The second-order valence-corrected chi connectivity index (χ2v) is 6.47. The van der Waals surface area contributed by atoms with Gasteiger partial charge in [0.25, 0.3) is 0 Å². The quantitative estimate of drug-likeness (QED) is 0.847. The zero-order chi connectivity index (χ0) is 13.3. The van der Waals surface area contributed by atoms with Crippen LogP contribution in [0.25, 0.3) is 11.0 Å². The van der Waals surface area contributed by atoms with Gasteiger partial charge in [0.1, 0.15) is 11.6 Å². The van der Waals surface area contributed by atoms with Crippen molar-refractivity contribution in [1.82, 2.24) is 19.7 Å². The van der Waals surface area contributed by atoms with Crippen molar-refractivity contribution < 1.29 is 8.42 Å². The molecule has 0 atom stereocenters. The Labute approximate surface area is 105 Å². The second-order valence-electron chi connectivity index (χ2n) is 4.00. The Bertz CT molecular complexity index is 677. The van der Waals surface area contributed by atoms with Gasteiger partial charge in [-0.1, -0.05) is 6.92 Å². The van der Waals surface area contributed by atoms with Crippen LogP contribution in [-0.4, -0.2) is 39.7 Å². The van der Waals surface area contributed by atoms with Gasteiger partial charge in [-0.15, -0.1) is 0 Å². The molecule has 0 fully saturated rings. The van der Waals surface area contributed by atoms with Gasteiger partial charge in [-0.3, -0.25) is 0 Å². The van der Waals surface area contributed by atoms with Crippen LogP contribution in [0.1, 0.15) is 12.7 Å². The van der Waals surface area contributed by atoms with Crippen LogP contribution in [0, 0.1) is 6.92 Å². The first-order valence-electron chi connectivity index (χ1n) is 5.59. The predicted molar refractivity (Wildman–Crippen MR) is 68.8 cm³/mol. The number of aromatic nitrogens is 4. The van der Waals surface area contributed by atoms with Crippen LogP contribution in [-0.2, 0) is 16.4 Å². The summed E-state index contributed by atoms with van der Waals surface area (Å²) in [5.74, 6) is 1.08. The maximum atomic E-state index is 11.5. The fourth-order valence-corrected chi connectivity index (χ4v) is 2.36. The SMILES string of the molecule is CCS(=O)(=O)CCn1ncc2c(N)nc(C)nc21. The van der Waals surface area contributed by atoms with Gasteiger partial charge < -0.3 is 5.73 Å². The Morgan fingerprint density at radius 2 is 2.11 bits per heavy atom. The maximum Gasteiger partial charge on any atom is 0.163 e. The largest absolute Gasteiger partial charge is 0.383 e. The average molecular weight is 269 g/mol. The van der Waals surface area contributed by atoms with Gasteiger partial charge in [0.2, 0.25) is 0 Å². The topological polar surface area (TPSA) is 104 Å². The van der Waals surface area contributed by atoms with Gasteiger partial charge >= 0.3 is 0 Å². The Morgan fingerprint density at radius 1 is 1.39 bits per heavy atom. The van der Waals surface area contributed by atoms with E-state index < -0.39 is 9.84 Å². The zero-order valence-electron chi connectivity index (χ0n) is 10.3. The average Bonchev–Trinajstić information content (AvgIpc) is 2.70. The van der Waals surface area contributed by atoms with Gasteiger partial charge in [-0.05, 0) is 6.92 Å². The fourth-order valence-electron chi connectivity index (χ4n) is 1.62. The van der Waals surface area contributed by atoms with Gasteiger partial charge in [0.15, 0.2) is 15.5 Å². The molecule has 2 aromatic rings. The van der Waals surface area contributed by atoms with E-state index >= 15 is 0 Å². The molecule has 2 rings (SSSR count). The van der Waals surface area contributed by atoms with E-state index in [-0.39, 0.29) is 18.1 Å². The van der Waals surface area contributed by atoms with E-state index in [0.29, 0.717) is 22.7 Å². The van der Waals surface area contributed by atoms with E-state index in [1.54, 1.807) is 24.7 Å². The summed E-state index contributed by atoms with van der Waals surface area (Å²) >= 11 is 0. The van der Waals surface area contributed by atoms with E-state index in [1.165, 1.54) is 0 Å². The summed E-state index contributed by atoms with van der Waals surface area (Å²) in [7, 11) is -3.02. The number of nitrogen functional groups attached to an aromatic ring is 1. The Kier molecular flexibility index (Phi) is 3.20. The molecular weight excluding hydrogens is 254 g/mol. The van der Waals surface area contributed by atoms with Crippen LogP contribution >= 0.6 is 0 Å². The minimum atomic E-state index is -3.02. The molecule has 0 radical (unpaired) electrons. The van der Waals surface area contributed by atoms with Crippen molar-refractivity contribution in [3.63, 3.8) is 0 Å². The molecule has 0 saturated heterocycles. The molecule has 8 heteroatoms. The van der Waals surface area contributed by atoms with Crippen molar-refractivity contribution in [2.75, 3.05) is 17.2 Å². The van der Waals surface area contributed by atoms with E-state index in [9.17, 15) is 8.42 Å². The third-order valence-electron chi connectivity index (χ3n) is 2.69. The first-order chi connectivity index (χ1) is 8.43. The minimum Gasteiger partial charge on any atom is -0.383 e. The van der Waals surface area contributed by atoms with Crippen LogP contribution in [0.15, 0.2) is 6.20 Å². The number of hydrogen-bond donors (Lipinski definition) is 1. The fraction of sp³-hybridized carbons (Fsp3) is 0.500. The monoisotopic (exact) mass is 269 g/mol. The highest BCUT2D eigenvalue weighted by atomic mass is 32.2. The molecule has 0 bridgehead atoms. The Balaban J connectivity index is 2.35. The summed E-state index contributed by atoms with van der Waals surface area (Å²) < 4.78 is 24.5. The molecule has 0 aliphatic rings. The lowest BCUT2D eigenvalue weighted by Gasteiger charge is -2.04. The Hall–Kier alpha value is -1.70. The molecule has 2 N–H and O–H groups in total. The van der Waals surface area contributed by atoms with Crippen molar-refractivity contribution in [2.24, 2.45) is 0 Å². The van der Waals surface area contributed by atoms with Crippen LogP contribution in [0.2, 0.25) is 0 Å². The summed E-state index contributed by atoms with van der Waals surface area (Å²) in [6, 6.07) is 0. The number of nitrogens with two attached hydrogens (primary N) is 1. The molecular formula is C10H15N5O2S. The van der Waals surface area contributed by atoms with E-state index in [1.807, 2.05) is 0 Å². The van der Waals surface area contributed by atoms with Crippen LogP contribution in [0.4, 0.5) is 5.82 Å². The number of anilines is 1. The highest BCUT2D eigenvalue weighted by molar-refractivity contribution is 7.91. The summed E-state index contributed by atoms with van der Waals surface area (Å²) in [4.78, 5) is 8.27.